The van der Waals surface area contributed by atoms with Crippen LogP contribution >= 0.6 is 0 Å². The van der Waals surface area contributed by atoms with Crippen molar-refractivity contribution in [3.8, 4) is 11.3 Å². The molecule has 5 heteroatoms. The summed E-state index contributed by atoms with van der Waals surface area (Å²) in [5.74, 6) is 0.236. The minimum atomic E-state index is -0.845. The van der Waals surface area contributed by atoms with Gasteiger partial charge in [-0.15, -0.1) is 0 Å². The molecule has 1 saturated carbocycles. The van der Waals surface area contributed by atoms with Crippen LogP contribution < -0.4 is 5.32 Å². The summed E-state index contributed by atoms with van der Waals surface area (Å²) in [7, 11) is 2.03. The molecule has 0 amide bonds. The van der Waals surface area contributed by atoms with Gasteiger partial charge in [0.25, 0.3) is 0 Å². The molecule has 0 radical (unpaired) electrons. The maximum Gasteiger partial charge on any atom is 0.335 e. The number of benzene rings is 2. The Balaban J connectivity index is 1.60. The standard InChI is InChI=1S/C29H35N3O2/c1-30-14-16-31-15-13-21-18-32-25-17-20(29(33)34)11-12-24(25)26(19-7-3-2-4-8-19)28(32)23-10-6-5-9-22(23)27(21)31/h5-6,9-12,17,19,21,27,30H,2-4,7-8,13-16,18H2,1H3,(H,33,34). The van der Waals surface area contributed by atoms with Gasteiger partial charge < -0.3 is 15.0 Å². The van der Waals surface area contributed by atoms with Crippen LogP contribution in [0, 0.1) is 5.92 Å². The van der Waals surface area contributed by atoms with Gasteiger partial charge in [0.15, 0.2) is 0 Å². The molecule has 2 aromatic carbocycles. The van der Waals surface area contributed by atoms with Crippen molar-refractivity contribution in [3.05, 3.63) is 59.2 Å². The summed E-state index contributed by atoms with van der Waals surface area (Å²) >= 11 is 0. The number of likely N-dealkylation sites (N-methyl/N-ethyl adjacent to an activating group) is 1. The fourth-order valence-corrected chi connectivity index (χ4v) is 7.07. The van der Waals surface area contributed by atoms with Gasteiger partial charge in [-0.05, 0) is 68.0 Å². The van der Waals surface area contributed by atoms with E-state index in [4.69, 9.17) is 0 Å². The summed E-state index contributed by atoms with van der Waals surface area (Å²) in [4.78, 5) is 14.6. The second-order valence-corrected chi connectivity index (χ2v) is 10.5. The Bertz CT molecular complexity index is 1220. The molecule has 2 fully saturated rings. The number of nitrogens with one attached hydrogen (secondary N) is 1. The van der Waals surface area contributed by atoms with E-state index < -0.39 is 5.97 Å². The molecule has 178 valence electrons. The van der Waals surface area contributed by atoms with Crippen molar-refractivity contribution in [2.45, 2.75) is 57.0 Å². The largest absolute Gasteiger partial charge is 0.478 e. The average Bonchev–Trinajstić information content (AvgIpc) is 3.37. The molecule has 34 heavy (non-hydrogen) atoms. The number of nitrogens with zero attached hydrogens (tertiary/aromatic N) is 2. The number of aromatic carboxylic acids is 1. The smallest absolute Gasteiger partial charge is 0.335 e. The number of hydrogen-bond donors (Lipinski definition) is 2. The zero-order chi connectivity index (χ0) is 23.2. The van der Waals surface area contributed by atoms with Gasteiger partial charge in [-0.3, -0.25) is 4.90 Å². The molecule has 1 aliphatic carbocycles. The van der Waals surface area contributed by atoms with E-state index in [1.165, 1.54) is 66.3 Å². The van der Waals surface area contributed by atoms with Crippen LogP contribution in [0.1, 0.15) is 72.0 Å². The number of rotatable bonds is 5. The van der Waals surface area contributed by atoms with Gasteiger partial charge >= 0.3 is 5.97 Å². The first-order valence-corrected chi connectivity index (χ1v) is 13.0. The van der Waals surface area contributed by atoms with Gasteiger partial charge in [0, 0.05) is 42.1 Å². The van der Waals surface area contributed by atoms with Crippen LogP contribution in [0.15, 0.2) is 42.5 Å². The Morgan fingerprint density at radius 2 is 1.91 bits per heavy atom. The van der Waals surface area contributed by atoms with Crippen molar-refractivity contribution in [1.29, 1.82) is 0 Å². The van der Waals surface area contributed by atoms with Gasteiger partial charge in [-0.2, -0.15) is 0 Å². The first-order chi connectivity index (χ1) is 16.7. The minimum Gasteiger partial charge on any atom is -0.478 e. The molecule has 1 saturated heterocycles. The Morgan fingerprint density at radius 3 is 2.71 bits per heavy atom. The molecule has 0 spiro atoms. The average molecular weight is 458 g/mol. The van der Waals surface area contributed by atoms with Gasteiger partial charge in [-0.25, -0.2) is 4.79 Å². The number of fused-ring (bicyclic) bond motifs is 7. The number of hydrogen-bond acceptors (Lipinski definition) is 3. The number of carbonyl (C=O) groups is 1. The number of carboxylic acids is 1. The predicted octanol–water partition coefficient (Wildman–Crippen LogP) is 5.65. The van der Waals surface area contributed by atoms with E-state index in [-0.39, 0.29) is 0 Å². The zero-order valence-corrected chi connectivity index (χ0v) is 20.1. The molecule has 0 bridgehead atoms. The highest BCUT2D eigenvalue weighted by Gasteiger charge is 2.40. The summed E-state index contributed by atoms with van der Waals surface area (Å²) in [6, 6.07) is 15.3. The fraction of sp³-hybridized carbons (Fsp3) is 0.483. The maximum atomic E-state index is 11.9. The SMILES string of the molecule is CNCCN1CCC2Cn3c(c(C4CCCCC4)c4ccc(C(=O)O)cc43)-c3ccccc3C21. The normalized spacial score (nSPS) is 22.9. The molecule has 3 heterocycles. The number of carboxylic acid groups (broad SMARTS) is 1. The summed E-state index contributed by atoms with van der Waals surface area (Å²) in [6.45, 7) is 4.13. The van der Waals surface area contributed by atoms with E-state index in [0.29, 0.717) is 23.4 Å². The van der Waals surface area contributed by atoms with Crippen LogP contribution in [0.2, 0.25) is 0 Å². The lowest BCUT2D eigenvalue weighted by Gasteiger charge is -2.29. The van der Waals surface area contributed by atoms with E-state index in [1.807, 2.05) is 13.1 Å². The molecule has 2 atom stereocenters. The zero-order valence-electron chi connectivity index (χ0n) is 20.1. The fourth-order valence-electron chi connectivity index (χ4n) is 7.07. The summed E-state index contributed by atoms with van der Waals surface area (Å²) in [5, 5.41) is 14.4. The van der Waals surface area contributed by atoms with Crippen molar-refractivity contribution >= 4 is 16.9 Å². The van der Waals surface area contributed by atoms with E-state index in [9.17, 15) is 9.90 Å². The molecule has 2 aliphatic heterocycles. The van der Waals surface area contributed by atoms with Crippen LogP contribution in [-0.2, 0) is 6.54 Å². The van der Waals surface area contributed by atoms with Crippen LogP contribution in [-0.4, -0.2) is 47.2 Å². The van der Waals surface area contributed by atoms with E-state index >= 15 is 0 Å². The number of aromatic nitrogens is 1. The molecule has 2 N–H and O–H groups in total. The van der Waals surface area contributed by atoms with Gasteiger partial charge in [0.1, 0.15) is 0 Å². The van der Waals surface area contributed by atoms with Crippen LogP contribution in [0.3, 0.4) is 0 Å². The lowest BCUT2D eigenvalue weighted by Crippen LogP contribution is -2.32. The van der Waals surface area contributed by atoms with Crippen molar-refractivity contribution < 1.29 is 9.90 Å². The topological polar surface area (TPSA) is 57.5 Å². The third-order valence-corrected chi connectivity index (χ3v) is 8.59. The highest BCUT2D eigenvalue weighted by atomic mass is 16.4. The molecule has 2 unspecified atom stereocenters. The summed E-state index contributed by atoms with van der Waals surface area (Å²) in [5.41, 5.74) is 7.15. The number of likely N-dealkylation sites (tertiary alicyclic amines) is 1. The molecule has 3 aliphatic rings. The monoisotopic (exact) mass is 457 g/mol. The Morgan fingerprint density at radius 1 is 1.09 bits per heavy atom. The lowest BCUT2D eigenvalue weighted by molar-refractivity contribution is 0.0697. The van der Waals surface area contributed by atoms with Crippen molar-refractivity contribution in [2.75, 3.05) is 26.7 Å². The van der Waals surface area contributed by atoms with E-state index in [1.54, 1.807) is 6.07 Å². The van der Waals surface area contributed by atoms with E-state index in [2.05, 4.69) is 45.1 Å². The van der Waals surface area contributed by atoms with Gasteiger partial charge in [-0.1, -0.05) is 49.6 Å². The second-order valence-electron chi connectivity index (χ2n) is 10.5. The van der Waals surface area contributed by atoms with Crippen molar-refractivity contribution in [1.82, 2.24) is 14.8 Å². The summed E-state index contributed by atoms with van der Waals surface area (Å²) < 4.78 is 2.51. The molecular formula is C29H35N3O2. The molecule has 3 aromatic rings. The van der Waals surface area contributed by atoms with E-state index in [0.717, 1.165) is 31.7 Å². The van der Waals surface area contributed by atoms with Crippen molar-refractivity contribution in [2.24, 2.45) is 5.92 Å². The Kier molecular flexibility index (Phi) is 5.70. The van der Waals surface area contributed by atoms with Gasteiger partial charge in [0.05, 0.1) is 11.3 Å². The highest BCUT2D eigenvalue weighted by Crippen LogP contribution is 2.51. The Hall–Kier alpha value is -2.63. The van der Waals surface area contributed by atoms with Crippen LogP contribution in [0.4, 0.5) is 0 Å². The van der Waals surface area contributed by atoms with Gasteiger partial charge in [0.2, 0.25) is 0 Å². The highest BCUT2D eigenvalue weighted by molar-refractivity contribution is 5.98. The predicted molar refractivity (Wildman–Crippen MR) is 137 cm³/mol. The van der Waals surface area contributed by atoms with Crippen molar-refractivity contribution in [3.63, 3.8) is 0 Å². The van der Waals surface area contributed by atoms with Crippen LogP contribution in [0.25, 0.3) is 22.2 Å². The summed E-state index contributed by atoms with van der Waals surface area (Å²) in [6.07, 6.45) is 7.55. The molecule has 1 aromatic heterocycles. The molecule has 6 rings (SSSR count). The van der Waals surface area contributed by atoms with Crippen LogP contribution in [0.5, 0.6) is 0 Å². The maximum absolute atomic E-state index is 11.9. The third-order valence-electron chi connectivity index (χ3n) is 8.59. The first kappa shape index (κ1) is 21.9. The molecule has 5 nitrogen and oxygen atoms in total. The Labute approximate surface area is 201 Å². The first-order valence-electron chi connectivity index (χ1n) is 13.0. The quantitative estimate of drug-likeness (QED) is 0.520. The minimum absolute atomic E-state index is 0.388. The molecular weight excluding hydrogens is 422 g/mol. The lowest BCUT2D eigenvalue weighted by atomic mass is 9.81. The third kappa shape index (κ3) is 3.48. The second kappa shape index (κ2) is 8.86.